The highest BCUT2D eigenvalue weighted by atomic mass is 19.4. The highest BCUT2D eigenvalue weighted by Gasteiger charge is 2.32. The molecule has 1 aromatic carbocycles. The van der Waals surface area contributed by atoms with E-state index in [1.165, 1.54) is 12.1 Å². The molecule has 0 saturated heterocycles. The van der Waals surface area contributed by atoms with E-state index in [2.05, 4.69) is 5.32 Å². The lowest BCUT2D eigenvalue weighted by molar-refractivity contribution is -0.135. The smallest absolute Gasteiger partial charge is 0.310 e. The molecule has 0 bridgehead atoms. The summed E-state index contributed by atoms with van der Waals surface area (Å²) in [4.78, 5) is 0. The van der Waals surface area contributed by atoms with Crippen molar-refractivity contribution in [2.45, 2.75) is 37.9 Å². The van der Waals surface area contributed by atoms with Crippen molar-refractivity contribution in [2.75, 3.05) is 6.54 Å². The Balaban J connectivity index is 1.85. The summed E-state index contributed by atoms with van der Waals surface area (Å²) in [6.07, 6.45) is -2.62. The standard InChI is InChI=1S/C14H17F4N/c15-12-6-4-11(5-7-12)13(10-2-3-10)19-9-1-8-14(16,17)18/h4-7,10,13,19H,1-3,8-9H2. The predicted molar refractivity (Wildman–Crippen MR) is 65.2 cm³/mol. The topological polar surface area (TPSA) is 12.0 Å². The summed E-state index contributed by atoms with van der Waals surface area (Å²) in [6.45, 7) is 0.331. The van der Waals surface area contributed by atoms with Crippen LogP contribution in [0.5, 0.6) is 0 Å². The van der Waals surface area contributed by atoms with Crippen molar-refractivity contribution in [2.24, 2.45) is 5.92 Å². The number of benzene rings is 1. The van der Waals surface area contributed by atoms with Crippen molar-refractivity contribution in [3.8, 4) is 0 Å². The maximum absolute atomic E-state index is 12.9. The molecule has 0 aliphatic heterocycles. The van der Waals surface area contributed by atoms with E-state index in [-0.39, 0.29) is 18.3 Å². The minimum Gasteiger partial charge on any atom is -0.310 e. The van der Waals surface area contributed by atoms with Gasteiger partial charge >= 0.3 is 6.18 Å². The van der Waals surface area contributed by atoms with Crippen LogP contribution in [0.1, 0.15) is 37.3 Å². The molecule has 5 heteroatoms. The molecule has 0 aromatic heterocycles. The zero-order chi connectivity index (χ0) is 13.9. The number of alkyl halides is 3. The van der Waals surface area contributed by atoms with Gasteiger partial charge in [0.15, 0.2) is 0 Å². The molecule has 19 heavy (non-hydrogen) atoms. The van der Waals surface area contributed by atoms with Crippen LogP contribution in [0.2, 0.25) is 0 Å². The lowest BCUT2D eigenvalue weighted by atomic mass is 10.0. The van der Waals surface area contributed by atoms with Crippen LogP contribution in [0.3, 0.4) is 0 Å². The Morgan fingerprint density at radius 1 is 1.16 bits per heavy atom. The first-order chi connectivity index (χ1) is 8.96. The first kappa shape index (κ1) is 14.3. The number of hydrogen-bond acceptors (Lipinski definition) is 1. The molecule has 1 fully saturated rings. The monoisotopic (exact) mass is 275 g/mol. The zero-order valence-electron chi connectivity index (χ0n) is 10.5. The average molecular weight is 275 g/mol. The van der Waals surface area contributed by atoms with E-state index in [0.29, 0.717) is 12.5 Å². The molecule has 0 spiro atoms. The van der Waals surface area contributed by atoms with E-state index < -0.39 is 12.6 Å². The van der Waals surface area contributed by atoms with Crippen LogP contribution in [0.4, 0.5) is 17.6 Å². The summed E-state index contributed by atoms with van der Waals surface area (Å²) < 4.78 is 49.0. The fraction of sp³-hybridized carbons (Fsp3) is 0.571. The minimum atomic E-state index is -4.09. The fourth-order valence-electron chi connectivity index (χ4n) is 2.20. The van der Waals surface area contributed by atoms with Gasteiger partial charge in [0.05, 0.1) is 0 Å². The summed E-state index contributed by atoms with van der Waals surface area (Å²) in [7, 11) is 0. The molecule has 0 heterocycles. The third-order valence-electron chi connectivity index (χ3n) is 3.32. The van der Waals surface area contributed by atoms with Crippen LogP contribution in [0.15, 0.2) is 24.3 Å². The van der Waals surface area contributed by atoms with Gasteiger partial charge in [-0.15, -0.1) is 0 Å². The Labute approximate surface area is 110 Å². The summed E-state index contributed by atoms with van der Waals surface area (Å²) in [5.74, 6) is 0.173. The Morgan fingerprint density at radius 3 is 2.32 bits per heavy atom. The van der Waals surface area contributed by atoms with Gasteiger partial charge in [-0.25, -0.2) is 4.39 Å². The molecule has 1 saturated carbocycles. The van der Waals surface area contributed by atoms with Gasteiger partial charge in [0.1, 0.15) is 5.82 Å². The van der Waals surface area contributed by atoms with E-state index in [1.54, 1.807) is 12.1 Å². The predicted octanol–water partition coefficient (Wildman–Crippen LogP) is 4.21. The van der Waals surface area contributed by atoms with E-state index >= 15 is 0 Å². The quantitative estimate of drug-likeness (QED) is 0.606. The Bertz CT molecular complexity index is 395. The minimum absolute atomic E-state index is 0.0498. The Morgan fingerprint density at radius 2 is 1.79 bits per heavy atom. The number of hydrogen-bond donors (Lipinski definition) is 1. The molecular weight excluding hydrogens is 258 g/mol. The average Bonchev–Trinajstić information content (AvgIpc) is 3.14. The summed E-state index contributed by atoms with van der Waals surface area (Å²) in [5.41, 5.74) is 0.955. The van der Waals surface area contributed by atoms with Crippen LogP contribution < -0.4 is 5.32 Å². The van der Waals surface area contributed by atoms with Gasteiger partial charge in [-0.05, 0) is 49.4 Å². The molecule has 0 radical (unpaired) electrons. The normalized spacial score (nSPS) is 17.5. The molecule has 1 unspecified atom stereocenters. The lowest BCUT2D eigenvalue weighted by Gasteiger charge is -2.19. The molecule has 1 aliphatic carbocycles. The van der Waals surface area contributed by atoms with Gasteiger partial charge < -0.3 is 5.32 Å². The highest BCUT2D eigenvalue weighted by molar-refractivity contribution is 5.21. The zero-order valence-corrected chi connectivity index (χ0v) is 10.5. The maximum Gasteiger partial charge on any atom is 0.389 e. The van der Waals surface area contributed by atoms with E-state index in [9.17, 15) is 17.6 Å². The third kappa shape index (κ3) is 4.82. The number of rotatable bonds is 6. The summed E-state index contributed by atoms with van der Waals surface area (Å²) in [6, 6.07) is 6.24. The molecule has 1 aromatic rings. The second kappa shape index (κ2) is 5.90. The van der Waals surface area contributed by atoms with Gasteiger partial charge in [0.25, 0.3) is 0 Å². The van der Waals surface area contributed by atoms with Gasteiger partial charge in [0, 0.05) is 12.5 Å². The molecule has 1 aliphatic rings. The second-order valence-electron chi connectivity index (χ2n) is 5.04. The van der Waals surface area contributed by atoms with Crippen LogP contribution in [-0.4, -0.2) is 12.7 Å². The largest absolute Gasteiger partial charge is 0.389 e. The highest BCUT2D eigenvalue weighted by Crippen LogP contribution is 2.41. The SMILES string of the molecule is Fc1ccc(C(NCCCC(F)(F)F)C2CC2)cc1. The molecule has 1 N–H and O–H groups in total. The van der Waals surface area contributed by atoms with E-state index in [4.69, 9.17) is 0 Å². The molecule has 0 amide bonds. The lowest BCUT2D eigenvalue weighted by Crippen LogP contribution is -2.25. The molecule has 1 atom stereocenters. The van der Waals surface area contributed by atoms with Gasteiger partial charge in [-0.2, -0.15) is 13.2 Å². The second-order valence-corrected chi connectivity index (χ2v) is 5.04. The third-order valence-corrected chi connectivity index (χ3v) is 3.32. The van der Waals surface area contributed by atoms with E-state index in [0.717, 1.165) is 18.4 Å². The van der Waals surface area contributed by atoms with Gasteiger partial charge in [0.2, 0.25) is 0 Å². The Kier molecular flexibility index (Phi) is 4.45. The van der Waals surface area contributed by atoms with Crippen LogP contribution >= 0.6 is 0 Å². The van der Waals surface area contributed by atoms with Crippen molar-refractivity contribution in [3.63, 3.8) is 0 Å². The summed E-state index contributed by atoms with van der Waals surface area (Å²) in [5, 5.41) is 3.17. The number of halogens is 4. The van der Waals surface area contributed by atoms with E-state index in [1.807, 2.05) is 0 Å². The van der Waals surface area contributed by atoms with Gasteiger partial charge in [-0.3, -0.25) is 0 Å². The van der Waals surface area contributed by atoms with Crippen molar-refractivity contribution < 1.29 is 17.6 Å². The van der Waals surface area contributed by atoms with Crippen molar-refractivity contribution >= 4 is 0 Å². The van der Waals surface area contributed by atoms with Crippen LogP contribution in [-0.2, 0) is 0 Å². The molecular formula is C14H17F4N. The molecule has 2 rings (SSSR count). The molecule has 1 nitrogen and oxygen atoms in total. The van der Waals surface area contributed by atoms with Crippen molar-refractivity contribution in [1.29, 1.82) is 0 Å². The first-order valence-electron chi connectivity index (χ1n) is 6.51. The van der Waals surface area contributed by atoms with Crippen molar-refractivity contribution in [1.82, 2.24) is 5.32 Å². The fourth-order valence-corrected chi connectivity index (χ4v) is 2.20. The maximum atomic E-state index is 12.9. The van der Waals surface area contributed by atoms with Crippen molar-refractivity contribution in [3.05, 3.63) is 35.6 Å². The number of nitrogens with one attached hydrogen (secondary N) is 1. The summed E-state index contributed by atoms with van der Waals surface area (Å²) >= 11 is 0. The first-order valence-corrected chi connectivity index (χ1v) is 6.51. The Hall–Kier alpha value is -1.10. The van der Waals surface area contributed by atoms with Crippen LogP contribution in [0.25, 0.3) is 0 Å². The molecule has 106 valence electrons. The van der Waals surface area contributed by atoms with Crippen LogP contribution in [0, 0.1) is 11.7 Å². The van der Waals surface area contributed by atoms with Gasteiger partial charge in [-0.1, -0.05) is 12.1 Å².